The third kappa shape index (κ3) is 5.02. The van der Waals surface area contributed by atoms with Crippen molar-refractivity contribution in [2.24, 2.45) is 0 Å². The number of aromatic nitrogens is 2. The van der Waals surface area contributed by atoms with Crippen molar-refractivity contribution >= 4 is 40.0 Å². The molecule has 0 spiro atoms. The van der Waals surface area contributed by atoms with E-state index in [0.717, 1.165) is 5.69 Å². The third-order valence-electron chi connectivity index (χ3n) is 5.87. The van der Waals surface area contributed by atoms with E-state index in [-0.39, 0.29) is 30.5 Å². The van der Waals surface area contributed by atoms with Gasteiger partial charge in [0.2, 0.25) is 11.8 Å². The minimum Gasteiger partial charge on any atom is -0.368 e. The van der Waals surface area contributed by atoms with E-state index in [9.17, 15) is 14.4 Å². The summed E-state index contributed by atoms with van der Waals surface area (Å²) in [5.41, 5.74) is 2.24. The Kier molecular flexibility index (Phi) is 6.80. The molecule has 0 atom stereocenters. The molecule has 0 unspecified atom stereocenters. The van der Waals surface area contributed by atoms with E-state index in [2.05, 4.69) is 15.2 Å². The van der Waals surface area contributed by atoms with Crippen LogP contribution in [0.5, 0.6) is 0 Å². The number of piperazine rings is 1. The van der Waals surface area contributed by atoms with Crippen molar-refractivity contribution in [3.8, 4) is 6.07 Å². The molecule has 2 aromatic carbocycles. The lowest BCUT2D eigenvalue weighted by atomic mass is 10.1. The zero-order valence-electron chi connectivity index (χ0n) is 18.6. The molecule has 1 aliphatic rings. The Morgan fingerprint density at radius 2 is 1.91 bits per heavy atom. The first-order valence-corrected chi connectivity index (χ1v) is 11.2. The summed E-state index contributed by atoms with van der Waals surface area (Å²) >= 11 is 6.15. The maximum atomic E-state index is 13.1. The Bertz CT molecular complexity index is 1360. The fourth-order valence-electron chi connectivity index (χ4n) is 3.90. The molecule has 174 valence electrons. The van der Waals surface area contributed by atoms with Gasteiger partial charge in [0.25, 0.3) is 5.56 Å². The van der Waals surface area contributed by atoms with E-state index >= 15 is 0 Å². The number of carbonyl (C=O) groups is 2. The quantitative estimate of drug-likeness (QED) is 0.599. The molecule has 3 aromatic rings. The Morgan fingerprint density at radius 1 is 1.15 bits per heavy atom. The highest BCUT2D eigenvalue weighted by Crippen LogP contribution is 2.21. The van der Waals surface area contributed by atoms with Gasteiger partial charge in [0.1, 0.15) is 6.54 Å². The summed E-state index contributed by atoms with van der Waals surface area (Å²) in [6.07, 6.45) is 1.37. The molecule has 9 nitrogen and oxygen atoms in total. The summed E-state index contributed by atoms with van der Waals surface area (Å²) in [5.74, 6) is -0.301. The number of halogens is 1. The number of nitriles is 1. The highest BCUT2D eigenvalue weighted by Gasteiger charge is 2.19. The molecular weight excluding hydrogens is 456 g/mol. The first-order chi connectivity index (χ1) is 16.4. The molecule has 0 aliphatic carbocycles. The minimum absolute atomic E-state index is 0.0602. The van der Waals surface area contributed by atoms with Gasteiger partial charge in [-0.1, -0.05) is 17.7 Å². The lowest BCUT2D eigenvalue weighted by molar-refractivity contribution is -0.129. The van der Waals surface area contributed by atoms with Crippen LogP contribution in [0.15, 0.2) is 47.5 Å². The summed E-state index contributed by atoms with van der Waals surface area (Å²) in [6, 6.07) is 12.4. The van der Waals surface area contributed by atoms with Gasteiger partial charge >= 0.3 is 0 Å². The molecule has 1 fully saturated rings. The summed E-state index contributed by atoms with van der Waals surface area (Å²) in [4.78, 5) is 45.4. The largest absolute Gasteiger partial charge is 0.368 e. The summed E-state index contributed by atoms with van der Waals surface area (Å²) < 4.78 is 1.27. The first-order valence-electron chi connectivity index (χ1n) is 10.8. The van der Waals surface area contributed by atoms with Crippen LogP contribution in [0, 0.1) is 11.3 Å². The zero-order valence-corrected chi connectivity index (χ0v) is 19.4. The van der Waals surface area contributed by atoms with Gasteiger partial charge < -0.3 is 15.1 Å². The monoisotopic (exact) mass is 478 g/mol. The van der Waals surface area contributed by atoms with Gasteiger partial charge in [-0.3, -0.25) is 19.0 Å². The maximum Gasteiger partial charge on any atom is 0.261 e. The fourth-order valence-corrected chi connectivity index (χ4v) is 4.15. The summed E-state index contributed by atoms with van der Waals surface area (Å²) in [6.45, 7) is 4.18. The molecule has 10 heteroatoms. The van der Waals surface area contributed by atoms with Crippen LogP contribution >= 0.6 is 11.6 Å². The van der Waals surface area contributed by atoms with Crippen LogP contribution in [0.2, 0.25) is 5.02 Å². The predicted octanol–water partition coefficient (Wildman–Crippen LogP) is 1.91. The smallest absolute Gasteiger partial charge is 0.261 e. The van der Waals surface area contributed by atoms with Gasteiger partial charge in [0.15, 0.2) is 0 Å². The number of anilines is 1. The SMILES string of the molecule is CC(=O)N1CCN(c2ccc3ncn(CC(=O)NCc4ccc(C#N)cc4Cl)c(=O)c3c2)CC1. The Labute approximate surface area is 201 Å². The maximum absolute atomic E-state index is 13.1. The van der Waals surface area contributed by atoms with Crippen molar-refractivity contribution in [2.45, 2.75) is 20.0 Å². The van der Waals surface area contributed by atoms with Gasteiger partial charge in [-0.15, -0.1) is 0 Å². The van der Waals surface area contributed by atoms with E-state index in [1.54, 1.807) is 42.2 Å². The summed E-state index contributed by atoms with van der Waals surface area (Å²) in [7, 11) is 0. The first kappa shape index (κ1) is 23.3. The van der Waals surface area contributed by atoms with Gasteiger partial charge in [0.05, 0.1) is 28.9 Å². The van der Waals surface area contributed by atoms with Crippen molar-refractivity contribution < 1.29 is 9.59 Å². The number of fused-ring (bicyclic) bond motifs is 1. The second-order valence-corrected chi connectivity index (χ2v) is 8.47. The van der Waals surface area contributed by atoms with Gasteiger partial charge in [-0.25, -0.2) is 4.98 Å². The molecule has 1 aromatic heterocycles. The van der Waals surface area contributed by atoms with E-state index in [1.165, 1.54) is 10.9 Å². The highest BCUT2D eigenvalue weighted by atomic mass is 35.5. The van der Waals surface area contributed by atoms with Crippen molar-refractivity contribution in [3.05, 3.63) is 69.2 Å². The molecule has 4 rings (SSSR count). The fraction of sp³-hybridized carbons (Fsp3) is 0.292. The lowest BCUT2D eigenvalue weighted by Crippen LogP contribution is -2.48. The standard InChI is InChI=1S/C24H23ClN6O3/c1-16(32)29-6-8-30(9-7-29)19-4-5-22-20(11-19)24(34)31(15-28-22)14-23(33)27-13-18-3-2-17(12-26)10-21(18)25/h2-5,10-11,15H,6-9,13-14H2,1H3,(H,27,33). The van der Waals surface area contributed by atoms with Crippen LogP contribution < -0.4 is 15.8 Å². The normalized spacial score (nSPS) is 13.6. The lowest BCUT2D eigenvalue weighted by Gasteiger charge is -2.35. The number of nitrogens with one attached hydrogen (secondary N) is 1. The van der Waals surface area contributed by atoms with Crippen molar-refractivity contribution in [1.29, 1.82) is 5.26 Å². The molecule has 2 heterocycles. The predicted molar refractivity (Wildman–Crippen MR) is 128 cm³/mol. The number of amides is 2. The van der Waals surface area contributed by atoms with Gasteiger partial charge in [0, 0.05) is 50.4 Å². The van der Waals surface area contributed by atoms with Crippen LogP contribution in [-0.2, 0) is 22.7 Å². The topological polar surface area (TPSA) is 111 Å². The molecular formula is C24H23ClN6O3. The molecule has 1 aliphatic heterocycles. The molecule has 2 amide bonds. The molecule has 0 bridgehead atoms. The van der Waals surface area contributed by atoms with E-state index in [1.807, 2.05) is 12.1 Å². The molecule has 1 saturated heterocycles. The molecule has 0 saturated carbocycles. The Hall–Kier alpha value is -3.90. The number of nitrogens with zero attached hydrogens (tertiary/aromatic N) is 5. The number of hydrogen-bond acceptors (Lipinski definition) is 6. The van der Waals surface area contributed by atoms with Crippen molar-refractivity contribution in [3.63, 3.8) is 0 Å². The van der Waals surface area contributed by atoms with E-state index in [0.29, 0.717) is 53.2 Å². The van der Waals surface area contributed by atoms with Crippen LogP contribution in [0.1, 0.15) is 18.1 Å². The van der Waals surface area contributed by atoms with E-state index in [4.69, 9.17) is 16.9 Å². The number of benzene rings is 2. The van der Waals surface area contributed by atoms with E-state index < -0.39 is 0 Å². The molecule has 1 N–H and O–H groups in total. The van der Waals surface area contributed by atoms with Crippen LogP contribution in [0.3, 0.4) is 0 Å². The zero-order chi connectivity index (χ0) is 24.2. The van der Waals surface area contributed by atoms with Crippen LogP contribution in [0.4, 0.5) is 5.69 Å². The van der Waals surface area contributed by atoms with Crippen molar-refractivity contribution in [2.75, 3.05) is 31.1 Å². The van der Waals surface area contributed by atoms with Crippen molar-refractivity contribution in [1.82, 2.24) is 19.8 Å². The minimum atomic E-state index is -0.361. The van der Waals surface area contributed by atoms with Gasteiger partial charge in [-0.05, 0) is 35.9 Å². The summed E-state index contributed by atoms with van der Waals surface area (Å²) in [5, 5.41) is 12.5. The highest BCUT2D eigenvalue weighted by molar-refractivity contribution is 6.31. The Morgan fingerprint density at radius 3 is 2.59 bits per heavy atom. The number of hydrogen-bond donors (Lipinski definition) is 1. The average molecular weight is 479 g/mol. The third-order valence-corrected chi connectivity index (χ3v) is 6.22. The molecule has 0 radical (unpaired) electrons. The van der Waals surface area contributed by atoms with Crippen LogP contribution in [-0.4, -0.2) is 52.4 Å². The number of rotatable bonds is 5. The Balaban J connectivity index is 1.46. The average Bonchev–Trinajstić information content (AvgIpc) is 2.85. The number of carbonyl (C=O) groups excluding carboxylic acids is 2. The molecule has 34 heavy (non-hydrogen) atoms. The van der Waals surface area contributed by atoms with Gasteiger partial charge in [-0.2, -0.15) is 5.26 Å². The van der Waals surface area contributed by atoms with Crippen LogP contribution in [0.25, 0.3) is 10.9 Å². The second-order valence-electron chi connectivity index (χ2n) is 8.07. The second kappa shape index (κ2) is 9.93.